The second-order valence-electron chi connectivity index (χ2n) is 11.0. The average Bonchev–Trinajstić information content (AvgIpc) is 3.48. The Kier molecular flexibility index (Phi) is 10.1. The van der Waals surface area contributed by atoms with Crippen molar-refractivity contribution in [3.63, 3.8) is 0 Å². The maximum Gasteiger partial charge on any atom is 0.416 e. The molecule has 0 radical (unpaired) electrons. The first kappa shape index (κ1) is 31.6. The number of aromatic nitrogens is 4. The zero-order valence-corrected chi connectivity index (χ0v) is 24.6. The number of carbonyl (C=O) groups excluding carboxylic acids is 2. The number of pyridine rings is 2. The van der Waals surface area contributed by atoms with E-state index >= 15 is 0 Å². The monoisotopic (exact) mass is 620 g/mol. The maximum absolute atomic E-state index is 13.0. The van der Waals surface area contributed by atoms with Gasteiger partial charge in [-0.15, -0.1) is 0 Å². The minimum Gasteiger partial charge on any atom is -0.383 e. The molecule has 13 heteroatoms. The Hall–Kier alpha value is -4.78. The van der Waals surface area contributed by atoms with Gasteiger partial charge >= 0.3 is 6.18 Å². The van der Waals surface area contributed by atoms with Crippen LogP contribution in [0.25, 0.3) is 28.2 Å². The fourth-order valence-corrected chi connectivity index (χ4v) is 5.32. The number of rotatable bonds is 11. The summed E-state index contributed by atoms with van der Waals surface area (Å²) in [6.45, 7) is 1.33. The van der Waals surface area contributed by atoms with Crippen molar-refractivity contribution >= 4 is 40.4 Å². The summed E-state index contributed by atoms with van der Waals surface area (Å²) in [6, 6.07) is 8.40. The van der Waals surface area contributed by atoms with Crippen LogP contribution in [-0.4, -0.2) is 51.1 Å². The van der Waals surface area contributed by atoms with Crippen molar-refractivity contribution in [2.45, 2.75) is 57.2 Å². The number of alkyl halides is 3. The molecule has 1 aromatic carbocycles. The fourth-order valence-electron chi connectivity index (χ4n) is 5.32. The van der Waals surface area contributed by atoms with Crippen molar-refractivity contribution < 1.29 is 22.8 Å². The summed E-state index contributed by atoms with van der Waals surface area (Å²) in [5, 5.41) is 16.9. The zero-order chi connectivity index (χ0) is 31.8. The molecule has 236 valence electrons. The second kappa shape index (κ2) is 14.3. The van der Waals surface area contributed by atoms with E-state index in [4.69, 9.17) is 5.73 Å². The molecule has 45 heavy (non-hydrogen) atoms. The van der Waals surface area contributed by atoms with Crippen LogP contribution in [0.1, 0.15) is 66.4 Å². The molecule has 0 atom stereocenters. The number of amides is 2. The summed E-state index contributed by atoms with van der Waals surface area (Å²) >= 11 is 0. The van der Waals surface area contributed by atoms with E-state index in [2.05, 4.69) is 36.1 Å². The summed E-state index contributed by atoms with van der Waals surface area (Å²) in [5.41, 5.74) is 8.27. The Labute approximate surface area is 258 Å². The Bertz CT molecular complexity index is 1660. The molecule has 3 aromatic heterocycles. The van der Waals surface area contributed by atoms with Crippen LogP contribution in [0, 0.1) is 0 Å². The fraction of sp³-hybridized carbons (Fsp3) is 0.344. The van der Waals surface area contributed by atoms with Crippen molar-refractivity contribution in [3.8, 4) is 11.3 Å². The number of aromatic amines is 1. The molecule has 0 spiro atoms. The van der Waals surface area contributed by atoms with E-state index < -0.39 is 17.6 Å². The lowest BCUT2D eigenvalue weighted by atomic mass is 9.95. The Morgan fingerprint density at radius 1 is 1.04 bits per heavy atom. The van der Waals surface area contributed by atoms with Gasteiger partial charge in [0, 0.05) is 48.1 Å². The van der Waals surface area contributed by atoms with E-state index in [0.29, 0.717) is 47.7 Å². The van der Waals surface area contributed by atoms with Gasteiger partial charge in [-0.25, -0.2) is 9.97 Å². The molecule has 10 nitrogen and oxygen atoms in total. The van der Waals surface area contributed by atoms with Crippen LogP contribution in [-0.2, 0) is 11.0 Å². The second-order valence-corrected chi connectivity index (χ2v) is 11.0. The molecule has 6 N–H and O–H groups in total. The summed E-state index contributed by atoms with van der Waals surface area (Å²) in [7, 11) is 0. The molecule has 0 unspecified atom stereocenters. The highest BCUT2D eigenvalue weighted by molar-refractivity contribution is 6.05. The normalized spacial score (nSPS) is 14.2. The highest BCUT2D eigenvalue weighted by atomic mass is 19.4. The summed E-state index contributed by atoms with van der Waals surface area (Å²) in [6.07, 6.45) is 9.00. The summed E-state index contributed by atoms with van der Waals surface area (Å²) < 4.78 is 39.0. The van der Waals surface area contributed by atoms with Gasteiger partial charge in [0.25, 0.3) is 5.91 Å². The predicted molar refractivity (Wildman–Crippen MR) is 167 cm³/mol. The maximum atomic E-state index is 13.0. The third-order valence-corrected chi connectivity index (χ3v) is 7.69. The molecule has 4 aromatic rings. The number of hydrogen-bond acceptors (Lipinski definition) is 7. The minimum atomic E-state index is -4.55. The molecule has 1 aliphatic carbocycles. The van der Waals surface area contributed by atoms with Crippen LogP contribution in [0.4, 0.5) is 24.8 Å². The van der Waals surface area contributed by atoms with Gasteiger partial charge in [0.05, 0.1) is 16.6 Å². The highest BCUT2D eigenvalue weighted by Gasteiger charge is 2.31. The molecule has 0 aliphatic heterocycles. The molecule has 1 saturated carbocycles. The number of H-pyrrole nitrogens is 1. The van der Waals surface area contributed by atoms with Gasteiger partial charge in [0.2, 0.25) is 5.91 Å². The van der Waals surface area contributed by atoms with E-state index in [1.165, 1.54) is 19.3 Å². The van der Waals surface area contributed by atoms with Crippen molar-refractivity contribution in [1.82, 2.24) is 30.8 Å². The van der Waals surface area contributed by atoms with Crippen LogP contribution in [0.3, 0.4) is 0 Å². The number of hydrogen-bond donors (Lipinski definition) is 5. The van der Waals surface area contributed by atoms with E-state index in [9.17, 15) is 22.8 Å². The molecule has 1 aliphatic rings. The molecule has 5 rings (SSSR count). The SMILES string of the molecule is Nc1ncc(/C=C/CCNCCC(=O)NC2CCCCC2)c2n[nH]c(-c3ccc(C(=O)Nc4cc(C(F)(F)F)ccn4)cc3)c12. The number of nitrogens with one attached hydrogen (secondary N) is 4. The molecule has 3 heterocycles. The van der Waals surface area contributed by atoms with Crippen molar-refractivity contribution in [1.29, 1.82) is 0 Å². The first-order valence-corrected chi connectivity index (χ1v) is 14.9. The lowest BCUT2D eigenvalue weighted by Crippen LogP contribution is -2.37. The van der Waals surface area contributed by atoms with Gasteiger partial charge in [-0.2, -0.15) is 18.3 Å². The van der Waals surface area contributed by atoms with Crippen molar-refractivity contribution in [3.05, 3.63) is 71.6 Å². The molecular weight excluding hydrogens is 585 g/mol. The molecule has 1 fully saturated rings. The van der Waals surface area contributed by atoms with Crippen LogP contribution in [0.15, 0.2) is 54.9 Å². The molecule has 2 amide bonds. The topological polar surface area (TPSA) is 151 Å². The Morgan fingerprint density at radius 3 is 2.58 bits per heavy atom. The standard InChI is InChI=1S/C32H35F3N8O2/c33-32(34,35)23-13-17-38-25(18-23)41-31(45)21-11-9-20(10-12-21)28-27-29(43-42-28)22(19-39-30(27)36)6-4-5-15-37-16-14-26(44)40-24-7-2-1-3-8-24/h4,6,9-13,17-19,24,37H,1-3,5,7-8,14-16H2,(H2,36,39)(H,40,44)(H,42,43)(H,38,41,45)/b6-4+. The number of benzene rings is 1. The lowest BCUT2D eigenvalue weighted by molar-refractivity contribution is -0.137. The van der Waals surface area contributed by atoms with Gasteiger partial charge in [-0.05, 0) is 50.1 Å². The van der Waals surface area contributed by atoms with Crippen molar-refractivity contribution in [2.24, 2.45) is 0 Å². The van der Waals surface area contributed by atoms with Gasteiger partial charge < -0.3 is 21.7 Å². The average molecular weight is 621 g/mol. The predicted octanol–water partition coefficient (Wildman–Crippen LogP) is 5.71. The first-order valence-electron chi connectivity index (χ1n) is 14.9. The minimum absolute atomic E-state index is 0.0972. The number of nitrogens with two attached hydrogens (primary N) is 1. The largest absolute Gasteiger partial charge is 0.416 e. The number of halogens is 3. The number of nitrogens with zero attached hydrogens (tertiary/aromatic N) is 3. The number of nitrogen functional groups attached to an aromatic ring is 1. The van der Waals surface area contributed by atoms with Crippen LogP contribution < -0.4 is 21.7 Å². The van der Waals surface area contributed by atoms with Gasteiger partial charge in [-0.1, -0.05) is 43.5 Å². The van der Waals surface area contributed by atoms with Crippen LogP contribution in [0.5, 0.6) is 0 Å². The van der Waals surface area contributed by atoms with Gasteiger partial charge in [-0.3, -0.25) is 14.7 Å². The van der Waals surface area contributed by atoms with E-state index in [1.54, 1.807) is 30.5 Å². The summed E-state index contributed by atoms with van der Waals surface area (Å²) in [5.74, 6) is -0.420. The van der Waals surface area contributed by atoms with Crippen molar-refractivity contribution in [2.75, 3.05) is 24.1 Å². The lowest BCUT2D eigenvalue weighted by Gasteiger charge is -2.22. The molecule has 0 saturated heterocycles. The Morgan fingerprint density at radius 2 is 1.82 bits per heavy atom. The van der Waals surface area contributed by atoms with Crippen LogP contribution >= 0.6 is 0 Å². The van der Waals surface area contributed by atoms with E-state index in [-0.39, 0.29) is 23.1 Å². The smallest absolute Gasteiger partial charge is 0.383 e. The molecular formula is C32H35F3N8O2. The zero-order valence-electron chi connectivity index (χ0n) is 24.6. The summed E-state index contributed by atoms with van der Waals surface area (Å²) in [4.78, 5) is 32.9. The Balaban J connectivity index is 1.16. The van der Waals surface area contributed by atoms with Crippen LogP contribution in [0.2, 0.25) is 0 Å². The first-order chi connectivity index (χ1) is 21.7. The highest BCUT2D eigenvalue weighted by Crippen LogP contribution is 2.32. The van der Waals surface area contributed by atoms with Gasteiger partial charge in [0.1, 0.15) is 17.2 Å². The molecule has 0 bridgehead atoms. The number of anilines is 2. The third-order valence-electron chi connectivity index (χ3n) is 7.69. The number of carbonyl (C=O) groups is 2. The third kappa shape index (κ3) is 8.24. The van der Waals surface area contributed by atoms with Gasteiger partial charge in [0.15, 0.2) is 0 Å². The van der Waals surface area contributed by atoms with E-state index in [1.807, 2.05) is 12.2 Å². The quantitative estimate of drug-likeness (QED) is 0.135. The number of fused-ring (bicyclic) bond motifs is 1. The van der Waals surface area contributed by atoms with E-state index in [0.717, 1.165) is 43.2 Å².